The molecule has 1 saturated heterocycles. The molecule has 1 heterocycles. The van der Waals surface area contributed by atoms with E-state index in [1.165, 1.54) is 0 Å². The van der Waals surface area contributed by atoms with Crippen molar-refractivity contribution in [3.8, 4) is 0 Å². The Labute approximate surface area is 74.0 Å². The molecule has 1 atom stereocenters. The van der Waals surface area contributed by atoms with Crippen molar-refractivity contribution < 1.29 is 14.2 Å². The third-order valence-electron chi connectivity index (χ3n) is 2.33. The van der Waals surface area contributed by atoms with Crippen LogP contribution in [0, 0.1) is 0 Å². The second-order valence-electron chi connectivity index (χ2n) is 3.00. The van der Waals surface area contributed by atoms with Gasteiger partial charge in [-0.05, 0) is 19.3 Å². The average molecular weight is 174 g/mol. The van der Waals surface area contributed by atoms with Crippen LogP contribution in [0.2, 0.25) is 0 Å². The van der Waals surface area contributed by atoms with E-state index in [0.29, 0.717) is 6.79 Å². The predicted molar refractivity (Wildman–Crippen MR) is 45.5 cm³/mol. The summed E-state index contributed by atoms with van der Waals surface area (Å²) in [7, 11) is 0. The SMILES string of the molecule is CCC1OCOC(CC)(CC)O1. The van der Waals surface area contributed by atoms with Crippen molar-refractivity contribution in [2.75, 3.05) is 6.79 Å². The molecule has 0 radical (unpaired) electrons. The molecule has 0 saturated carbocycles. The molecule has 1 unspecified atom stereocenters. The maximum atomic E-state index is 5.68. The quantitative estimate of drug-likeness (QED) is 0.656. The first-order chi connectivity index (χ1) is 5.76. The normalized spacial score (nSPS) is 28.8. The van der Waals surface area contributed by atoms with Gasteiger partial charge < -0.3 is 14.2 Å². The van der Waals surface area contributed by atoms with Gasteiger partial charge in [0.25, 0.3) is 0 Å². The van der Waals surface area contributed by atoms with Gasteiger partial charge in [-0.25, -0.2) is 0 Å². The Morgan fingerprint density at radius 2 is 1.92 bits per heavy atom. The van der Waals surface area contributed by atoms with Crippen LogP contribution in [0.3, 0.4) is 0 Å². The lowest BCUT2D eigenvalue weighted by molar-refractivity contribution is -0.398. The molecule has 0 aliphatic carbocycles. The van der Waals surface area contributed by atoms with Crippen molar-refractivity contribution in [3.63, 3.8) is 0 Å². The standard InChI is InChI=1S/C9H18O3/c1-4-8-10-7-11-9(5-2,6-3)12-8/h8H,4-7H2,1-3H3. The van der Waals surface area contributed by atoms with Crippen molar-refractivity contribution in [1.29, 1.82) is 0 Å². The molecule has 1 aliphatic rings. The molecule has 72 valence electrons. The van der Waals surface area contributed by atoms with Crippen molar-refractivity contribution in [3.05, 3.63) is 0 Å². The fourth-order valence-electron chi connectivity index (χ4n) is 1.35. The van der Waals surface area contributed by atoms with E-state index in [0.717, 1.165) is 19.3 Å². The number of rotatable bonds is 3. The zero-order valence-electron chi connectivity index (χ0n) is 8.13. The molecule has 0 aromatic heterocycles. The Kier molecular flexibility index (Phi) is 3.50. The molecule has 0 bridgehead atoms. The summed E-state index contributed by atoms with van der Waals surface area (Å²) < 4.78 is 16.4. The van der Waals surface area contributed by atoms with Crippen LogP contribution in [-0.4, -0.2) is 18.9 Å². The van der Waals surface area contributed by atoms with Gasteiger partial charge >= 0.3 is 0 Å². The fraction of sp³-hybridized carbons (Fsp3) is 1.00. The third kappa shape index (κ3) is 1.97. The lowest BCUT2D eigenvalue weighted by Gasteiger charge is -2.39. The van der Waals surface area contributed by atoms with Crippen molar-refractivity contribution in [2.45, 2.75) is 52.1 Å². The van der Waals surface area contributed by atoms with Gasteiger partial charge in [0.2, 0.25) is 0 Å². The van der Waals surface area contributed by atoms with E-state index in [1.807, 2.05) is 6.92 Å². The lowest BCUT2D eigenvalue weighted by atomic mass is 10.1. The Morgan fingerprint density at radius 3 is 2.42 bits per heavy atom. The molecule has 0 aromatic rings. The zero-order chi connectivity index (χ0) is 9.03. The number of hydrogen-bond acceptors (Lipinski definition) is 3. The maximum absolute atomic E-state index is 5.68. The minimum absolute atomic E-state index is 0.0846. The van der Waals surface area contributed by atoms with Crippen LogP contribution in [0.1, 0.15) is 40.0 Å². The molecule has 3 nitrogen and oxygen atoms in total. The van der Waals surface area contributed by atoms with Crippen molar-refractivity contribution >= 4 is 0 Å². The Morgan fingerprint density at radius 1 is 1.25 bits per heavy atom. The highest BCUT2D eigenvalue weighted by Crippen LogP contribution is 2.28. The summed E-state index contributed by atoms with van der Waals surface area (Å²) in [6.07, 6.45) is 2.55. The molecular formula is C9H18O3. The predicted octanol–water partition coefficient (Wildman–Crippen LogP) is 2.26. The largest absolute Gasteiger partial charge is 0.326 e. The number of ether oxygens (including phenoxy) is 3. The van der Waals surface area contributed by atoms with Crippen LogP contribution in [0.25, 0.3) is 0 Å². The van der Waals surface area contributed by atoms with E-state index < -0.39 is 0 Å². The molecule has 1 rings (SSSR count). The van der Waals surface area contributed by atoms with Crippen LogP contribution < -0.4 is 0 Å². The molecule has 12 heavy (non-hydrogen) atoms. The summed E-state index contributed by atoms with van der Waals surface area (Å²) in [6.45, 7) is 6.55. The van der Waals surface area contributed by atoms with Crippen LogP contribution >= 0.6 is 0 Å². The van der Waals surface area contributed by atoms with Gasteiger partial charge in [0.15, 0.2) is 18.9 Å². The first-order valence-electron chi connectivity index (χ1n) is 4.69. The molecule has 1 fully saturated rings. The van der Waals surface area contributed by atoms with Gasteiger partial charge in [0, 0.05) is 0 Å². The summed E-state index contributed by atoms with van der Waals surface area (Å²) in [5.74, 6) is -0.390. The second kappa shape index (κ2) is 4.21. The maximum Gasteiger partial charge on any atom is 0.173 e. The van der Waals surface area contributed by atoms with Gasteiger partial charge in [0.1, 0.15) is 0 Å². The summed E-state index contributed by atoms with van der Waals surface area (Å²) in [6, 6.07) is 0. The molecule has 0 N–H and O–H groups in total. The smallest absolute Gasteiger partial charge is 0.173 e. The molecule has 0 spiro atoms. The third-order valence-corrected chi connectivity index (χ3v) is 2.33. The summed E-state index contributed by atoms with van der Waals surface area (Å²) in [5, 5.41) is 0. The van der Waals surface area contributed by atoms with Crippen molar-refractivity contribution in [2.24, 2.45) is 0 Å². The highest BCUT2D eigenvalue weighted by Gasteiger charge is 2.35. The monoisotopic (exact) mass is 174 g/mol. The molecule has 3 heteroatoms. The van der Waals surface area contributed by atoms with E-state index in [4.69, 9.17) is 14.2 Å². The van der Waals surface area contributed by atoms with E-state index in [9.17, 15) is 0 Å². The van der Waals surface area contributed by atoms with Gasteiger partial charge in [-0.3, -0.25) is 0 Å². The first kappa shape index (κ1) is 9.96. The van der Waals surface area contributed by atoms with Gasteiger partial charge in [-0.2, -0.15) is 0 Å². The fourth-order valence-corrected chi connectivity index (χ4v) is 1.35. The minimum atomic E-state index is -0.390. The van der Waals surface area contributed by atoms with Crippen molar-refractivity contribution in [1.82, 2.24) is 0 Å². The van der Waals surface area contributed by atoms with Gasteiger partial charge in [-0.1, -0.05) is 20.8 Å². The molecule has 0 aromatic carbocycles. The van der Waals surface area contributed by atoms with Crippen LogP contribution in [-0.2, 0) is 14.2 Å². The van der Waals surface area contributed by atoms with E-state index >= 15 is 0 Å². The topological polar surface area (TPSA) is 27.7 Å². The van der Waals surface area contributed by atoms with E-state index in [-0.39, 0.29) is 12.1 Å². The summed E-state index contributed by atoms with van der Waals surface area (Å²) in [5.41, 5.74) is 0. The Balaban J connectivity index is 2.52. The van der Waals surface area contributed by atoms with E-state index in [1.54, 1.807) is 0 Å². The molecule has 0 amide bonds. The minimum Gasteiger partial charge on any atom is -0.326 e. The van der Waals surface area contributed by atoms with Crippen LogP contribution in [0.5, 0.6) is 0 Å². The highest BCUT2D eigenvalue weighted by molar-refractivity contribution is 4.68. The lowest BCUT2D eigenvalue weighted by Crippen LogP contribution is -2.44. The summed E-state index contributed by atoms with van der Waals surface area (Å²) >= 11 is 0. The van der Waals surface area contributed by atoms with Crippen LogP contribution in [0.4, 0.5) is 0 Å². The number of hydrogen-bond donors (Lipinski definition) is 0. The summed E-state index contributed by atoms with van der Waals surface area (Å²) in [4.78, 5) is 0. The van der Waals surface area contributed by atoms with E-state index in [2.05, 4.69) is 13.8 Å². The Hall–Kier alpha value is -0.120. The highest BCUT2D eigenvalue weighted by atomic mass is 16.9. The zero-order valence-corrected chi connectivity index (χ0v) is 8.13. The average Bonchev–Trinajstić information content (AvgIpc) is 2.18. The van der Waals surface area contributed by atoms with Crippen LogP contribution in [0.15, 0.2) is 0 Å². The Bertz CT molecular complexity index is 132. The van der Waals surface area contributed by atoms with Gasteiger partial charge in [-0.15, -0.1) is 0 Å². The second-order valence-corrected chi connectivity index (χ2v) is 3.00. The molecular weight excluding hydrogens is 156 g/mol. The first-order valence-corrected chi connectivity index (χ1v) is 4.69. The van der Waals surface area contributed by atoms with Gasteiger partial charge in [0.05, 0.1) is 0 Å². The molecule has 1 aliphatic heterocycles.